The lowest BCUT2D eigenvalue weighted by atomic mass is 9.86. The lowest BCUT2D eigenvalue weighted by Crippen LogP contribution is -2.39. The minimum absolute atomic E-state index is 0.0663. The monoisotopic (exact) mass is 272 g/mol. The molecule has 0 aliphatic heterocycles. The van der Waals surface area contributed by atoms with Crippen molar-refractivity contribution >= 4 is 5.91 Å². The molecule has 4 heteroatoms. The Kier molecular flexibility index (Phi) is 4.29. The van der Waals surface area contributed by atoms with Gasteiger partial charge in [-0.2, -0.15) is 5.26 Å². The van der Waals surface area contributed by atoms with Crippen LogP contribution in [0.5, 0.6) is 5.75 Å². The van der Waals surface area contributed by atoms with E-state index in [9.17, 15) is 10.1 Å². The zero-order chi connectivity index (χ0) is 14.6. The van der Waals surface area contributed by atoms with E-state index in [4.69, 9.17) is 4.74 Å². The van der Waals surface area contributed by atoms with Crippen LogP contribution in [0.2, 0.25) is 0 Å². The van der Waals surface area contributed by atoms with Crippen molar-refractivity contribution in [3.8, 4) is 11.8 Å². The number of amides is 1. The topological polar surface area (TPSA) is 53.3 Å². The summed E-state index contributed by atoms with van der Waals surface area (Å²) in [5, 5.41) is 9.38. The third kappa shape index (κ3) is 2.62. The minimum Gasteiger partial charge on any atom is -0.496 e. The first kappa shape index (κ1) is 14.4. The van der Waals surface area contributed by atoms with Gasteiger partial charge in [-0.05, 0) is 18.9 Å². The van der Waals surface area contributed by atoms with Crippen molar-refractivity contribution in [2.24, 2.45) is 5.41 Å². The molecule has 0 unspecified atom stereocenters. The van der Waals surface area contributed by atoms with E-state index in [1.807, 2.05) is 24.3 Å². The van der Waals surface area contributed by atoms with Gasteiger partial charge in [0.05, 0.1) is 13.2 Å². The molecule has 0 saturated heterocycles. The predicted octanol–water partition coefficient (Wildman–Crippen LogP) is 2.74. The fourth-order valence-electron chi connectivity index (χ4n) is 2.88. The van der Waals surface area contributed by atoms with E-state index in [-0.39, 0.29) is 5.91 Å². The van der Waals surface area contributed by atoms with Gasteiger partial charge in [-0.25, -0.2) is 0 Å². The largest absolute Gasteiger partial charge is 0.496 e. The molecule has 0 radical (unpaired) electrons. The summed E-state index contributed by atoms with van der Waals surface area (Å²) >= 11 is 0. The van der Waals surface area contributed by atoms with Crippen molar-refractivity contribution in [2.75, 3.05) is 14.2 Å². The molecule has 1 aromatic carbocycles. The summed E-state index contributed by atoms with van der Waals surface area (Å²) < 4.78 is 5.30. The smallest absolute Gasteiger partial charge is 0.243 e. The Morgan fingerprint density at radius 1 is 1.40 bits per heavy atom. The molecule has 1 aromatic rings. The van der Waals surface area contributed by atoms with Crippen LogP contribution in [0.3, 0.4) is 0 Å². The molecule has 0 spiro atoms. The van der Waals surface area contributed by atoms with E-state index in [1.54, 1.807) is 19.1 Å². The van der Waals surface area contributed by atoms with Crippen LogP contribution in [0.4, 0.5) is 0 Å². The maximum atomic E-state index is 12.6. The van der Waals surface area contributed by atoms with Crippen molar-refractivity contribution < 1.29 is 9.53 Å². The van der Waals surface area contributed by atoms with Crippen molar-refractivity contribution in [1.82, 2.24) is 4.90 Å². The Morgan fingerprint density at radius 2 is 2.05 bits per heavy atom. The van der Waals surface area contributed by atoms with Gasteiger partial charge in [-0.15, -0.1) is 0 Å². The molecular weight excluding hydrogens is 252 g/mol. The number of hydrogen-bond donors (Lipinski definition) is 0. The van der Waals surface area contributed by atoms with Crippen LogP contribution in [0.1, 0.15) is 31.2 Å². The van der Waals surface area contributed by atoms with Gasteiger partial charge in [0.1, 0.15) is 11.2 Å². The second-order valence-electron chi connectivity index (χ2n) is 5.37. The van der Waals surface area contributed by atoms with Gasteiger partial charge >= 0.3 is 0 Å². The number of para-hydroxylation sites is 1. The lowest BCUT2D eigenvalue weighted by molar-refractivity contribution is -0.138. The lowest BCUT2D eigenvalue weighted by Gasteiger charge is -2.27. The highest BCUT2D eigenvalue weighted by molar-refractivity contribution is 5.85. The molecule has 2 rings (SSSR count). The standard InChI is InChI=1S/C16H20N2O2/c1-18(11-13-7-3-4-8-14(13)20-2)15(19)16(12-17)9-5-6-10-16/h3-4,7-8H,5-6,9-11H2,1-2H3. The number of hydrogen-bond acceptors (Lipinski definition) is 3. The molecule has 1 saturated carbocycles. The van der Waals surface area contributed by atoms with E-state index in [0.29, 0.717) is 19.4 Å². The third-order valence-electron chi connectivity index (χ3n) is 4.03. The highest BCUT2D eigenvalue weighted by Crippen LogP contribution is 2.39. The summed E-state index contributed by atoms with van der Waals surface area (Å²) in [4.78, 5) is 14.2. The summed E-state index contributed by atoms with van der Waals surface area (Å²) in [7, 11) is 3.38. The van der Waals surface area contributed by atoms with Gasteiger partial charge in [0.15, 0.2) is 0 Å². The highest BCUT2D eigenvalue weighted by Gasteiger charge is 2.43. The second-order valence-corrected chi connectivity index (χ2v) is 5.37. The molecule has 20 heavy (non-hydrogen) atoms. The van der Waals surface area contributed by atoms with Crippen LogP contribution in [-0.4, -0.2) is 25.0 Å². The number of ether oxygens (including phenoxy) is 1. The molecular formula is C16H20N2O2. The van der Waals surface area contributed by atoms with Crippen molar-refractivity contribution in [1.29, 1.82) is 5.26 Å². The summed E-state index contributed by atoms with van der Waals surface area (Å²) in [5.74, 6) is 0.702. The fraction of sp³-hybridized carbons (Fsp3) is 0.500. The minimum atomic E-state index is -0.809. The Bertz CT molecular complexity index is 528. The number of benzene rings is 1. The summed E-state index contributed by atoms with van der Waals surface area (Å²) in [6, 6.07) is 9.89. The molecule has 1 fully saturated rings. The quantitative estimate of drug-likeness (QED) is 0.846. The van der Waals surface area contributed by atoms with Crippen LogP contribution in [0.25, 0.3) is 0 Å². The Morgan fingerprint density at radius 3 is 2.65 bits per heavy atom. The molecule has 1 amide bonds. The Labute approximate surface area is 120 Å². The first-order chi connectivity index (χ1) is 9.63. The zero-order valence-corrected chi connectivity index (χ0v) is 12.1. The normalized spacial score (nSPS) is 16.4. The molecule has 106 valence electrons. The number of carbonyl (C=O) groups is 1. The Hall–Kier alpha value is -2.02. The van der Waals surface area contributed by atoms with Gasteiger partial charge in [0, 0.05) is 19.2 Å². The van der Waals surface area contributed by atoms with Crippen LogP contribution in [-0.2, 0) is 11.3 Å². The average molecular weight is 272 g/mol. The van der Waals surface area contributed by atoms with Crippen LogP contribution >= 0.6 is 0 Å². The molecule has 0 heterocycles. The van der Waals surface area contributed by atoms with Gasteiger partial charge in [0.25, 0.3) is 0 Å². The van der Waals surface area contributed by atoms with Crippen molar-refractivity contribution in [3.63, 3.8) is 0 Å². The number of nitrogens with zero attached hydrogens (tertiary/aromatic N) is 2. The van der Waals surface area contributed by atoms with Gasteiger partial charge in [-0.3, -0.25) is 4.79 Å². The summed E-state index contributed by atoms with van der Waals surface area (Å²) in [6.45, 7) is 0.465. The predicted molar refractivity (Wildman–Crippen MR) is 76.0 cm³/mol. The number of carbonyl (C=O) groups excluding carboxylic acids is 1. The second kappa shape index (κ2) is 5.96. The number of nitriles is 1. The van der Waals surface area contributed by atoms with Gasteiger partial charge < -0.3 is 9.64 Å². The molecule has 0 aromatic heterocycles. The maximum absolute atomic E-state index is 12.6. The SMILES string of the molecule is COc1ccccc1CN(C)C(=O)C1(C#N)CCCC1. The first-order valence-electron chi connectivity index (χ1n) is 6.92. The third-order valence-corrected chi connectivity index (χ3v) is 4.03. The van der Waals surface area contributed by atoms with Crippen molar-refractivity contribution in [3.05, 3.63) is 29.8 Å². The molecule has 0 bridgehead atoms. The summed E-state index contributed by atoms with van der Waals surface area (Å²) in [5.41, 5.74) is 0.147. The van der Waals surface area contributed by atoms with Gasteiger partial charge in [-0.1, -0.05) is 31.0 Å². The van der Waals surface area contributed by atoms with E-state index >= 15 is 0 Å². The van der Waals surface area contributed by atoms with E-state index in [2.05, 4.69) is 6.07 Å². The molecule has 1 aliphatic rings. The van der Waals surface area contributed by atoms with E-state index in [0.717, 1.165) is 24.2 Å². The molecule has 4 nitrogen and oxygen atoms in total. The number of rotatable bonds is 4. The zero-order valence-electron chi connectivity index (χ0n) is 12.1. The van der Waals surface area contributed by atoms with Gasteiger partial charge in [0.2, 0.25) is 5.91 Å². The van der Waals surface area contributed by atoms with Crippen LogP contribution < -0.4 is 4.74 Å². The highest BCUT2D eigenvalue weighted by atomic mass is 16.5. The Balaban J connectivity index is 2.14. The van der Waals surface area contributed by atoms with Crippen molar-refractivity contribution in [2.45, 2.75) is 32.2 Å². The maximum Gasteiger partial charge on any atom is 0.243 e. The average Bonchev–Trinajstić information content (AvgIpc) is 2.97. The number of methoxy groups -OCH3 is 1. The van der Waals surface area contributed by atoms with Crippen LogP contribution in [0.15, 0.2) is 24.3 Å². The fourth-order valence-corrected chi connectivity index (χ4v) is 2.88. The van der Waals surface area contributed by atoms with E-state index < -0.39 is 5.41 Å². The molecule has 1 aliphatic carbocycles. The van der Waals surface area contributed by atoms with Crippen LogP contribution in [0, 0.1) is 16.7 Å². The first-order valence-corrected chi connectivity index (χ1v) is 6.92. The molecule has 0 N–H and O–H groups in total. The summed E-state index contributed by atoms with van der Waals surface area (Å²) in [6.07, 6.45) is 3.28. The van der Waals surface area contributed by atoms with E-state index in [1.165, 1.54) is 0 Å². The molecule has 0 atom stereocenters.